The van der Waals surface area contributed by atoms with Gasteiger partial charge in [-0.1, -0.05) is 24.8 Å². The first-order valence-corrected chi connectivity index (χ1v) is 11.2. The number of likely N-dealkylation sites (N-methyl/N-ethyl adjacent to an activating group) is 1. The quantitative estimate of drug-likeness (QED) is 0.681. The molecule has 1 aromatic carbocycles. The molecule has 3 rings (SSSR count). The molecule has 1 aliphatic rings. The minimum Gasteiger partial charge on any atom is -0.497 e. The molecule has 0 unspecified atom stereocenters. The molecule has 0 aliphatic carbocycles. The summed E-state index contributed by atoms with van der Waals surface area (Å²) in [5.41, 5.74) is 1.60. The summed E-state index contributed by atoms with van der Waals surface area (Å²) in [6.45, 7) is 5.80. The van der Waals surface area contributed by atoms with Gasteiger partial charge in [0.2, 0.25) is 11.8 Å². The third-order valence-electron chi connectivity index (χ3n) is 5.93. The number of amides is 2. The van der Waals surface area contributed by atoms with E-state index in [4.69, 9.17) is 9.47 Å². The molecule has 1 aliphatic heterocycles. The van der Waals surface area contributed by atoms with Crippen molar-refractivity contribution in [2.75, 3.05) is 33.9 Å². The van der Waals surface area contributed by atoms with Gasteiger partial charge in [0.25, 0.3) is 5.91 Å². The molecular weight excluding hydrogens is 434 g/mol. The van der Waals surface area contributed by atoms with Gasteiger partial charge in [-0.25, -0.2) is 4.98 Å². The highest BCUT2D eigenvalue weighted by atomic mass is 16.5. The number of aliphatic hydroxyl groups excluding tert-OH is 1. The Morgan fingerprint density at radius 1 is 1.35 bits per heavy atom. The largest absolute Gasteiger partial charge is 0.497 e. The molecule has 3 atom stereocenters. The normalized spacial score (nSPS) is 18.4. The van der Waals surface area contributed by atoms with Gasteiger partial charge in [-0.3, -0.25) is 9.59 Å². The van der Waals surface area contributed by atoms with Crippen LogP contribution in [0.2, 0.25) is 0 Å². The second kappa shape index (κ2) is 11.0. The summed E-state index contributed by atoms with van der Waals surface area (Å²) in [5.74, 6) is 6.56. The van der Waals surface area contributed by atoms with Crippen LogP contribution in [0, 0.1) is 17.8 Å². The first kappa shape index (κ1) is 25.1. The van der Waals surface area contributed by atoms with Crippen molar-refractivity contribution in [3.05, 3.63) is 53.2 Å². The molecule has 8 nitrogen and oxygen atoms in total. The van der Waals surface area contributed by atoms with Crippen LogP contribution in [0.5, 0.6) is 11.6 Å². The van der Waals surface area contributed by atoms with Crippen molar-refractivity contribution in [2.45, 2.75) is 32.9 Å². The van der Waals surface area contributed by atoms with E-state index in [1.54, 1.807) is 43.1 Å². The van der Waals surface area contributed by atoms with Gasteiger partial charge in [-0.05, 0) is 31.2 Å². The van der Waals surface area contributed by atoms with Gasteiger partial charge in [0.15, 0.2) is 0 Å². The van der Waals surface area contributed by atoms with Gasteiger partial charge >= 0.3 is 0 Å². The smallest absolute Gasteiger partial charge is 0.259 e. The average molecular weight is 466 g/mol. The lowest BCUT2D eigenvalue weighted by molar-refractivity contribution is -0.129. The summed E-state index contributed by atoms with van der Waals surface area (Å²) in [5, 5.41) is 9.77. The molecule has 0 fully saturated rings. The predicted molar refractivity (Wildman–Crippen MR) is 128 cm³/mol. The molecule has 2 heterocycles. The zero-order chi connectivity index (χ0) is 24.8. The number of hydrogen-bond donors (Lipinski definition) is 1. The van der Waals surface area contributed by atoms with E-state index >= 15 is 0 Å². The van der Waals surface area contributed by atoms with E-state index in [1.807, 2.05) is 31.2 Å². The summed E-state index contributed by atoms with van der Waals surface area (Å²) < 4.78 is 11.4. The van der Waals surface area contributed by atoms with E-state index in [2.05, 4.69) is 16.8 Å². The molecule has 34 heavy (non-hydrogen) atoms. The van der Waals surface area contributed by atoms with E-state index < -0.39 is 6.04 Å². The Morgan fingerprint density at radius 2 is 2.09 bits per heavy atom. The predicted octanol–water partition coefficient (Wildman–Crippen LogP) is 2.19. The lowest BCUT2D eigenvalue weighted by Crippen LogP contribution is -2.50. The molecule has 8 heteroatoms. The highest BCUT2D eigenvalue weighted by molar-refractivity contribution is 5.97. The lowest BCUT2D eigenvalue weighted by atomic mass is 10.00. The lowest BCUT2D eigenvalue weighted by Gasteiger charge is -2.37. The van der Waals surface area contributed by atoms with Crippen molar-refractivity contribution < 1.29 is 24.2 Å². The Kier molecular flexibility index (Phi) is 8.13. The number of rotatable bonds is 5. The van der Waals surface area contributed by atoms with Crippen molar-refractivity contribution in [3.8, 4) is 23.5 Å². The number of carbonyl (C=O) groups is 2. The number of methoxy groups -OCH3 is 1. The van der Waals surface area contributed by atoms with Crippen LogP contribution in [0.25, 0.3) is 0 Å². The van der Waals surface area contributed by atoms with E-state index in [0.29, 0.717) is 24.4 Å². The highest BCUT2D eigenvalue weighted by Crippen LogP contribution is 2.27. The summed E-state index contributed by atoms with van der Waals surface area (Å²) in [7, 11) is 3.31. The van der Waals surface area contributed by atoms with Crippen LogP contribution in [-0.4, -0.2) is 77.7 Å². The average Bonchev–Trinajstić information content (AvgIpc) is 2.84. The molecule has 1 aromatic heterocycles. The van der Waals surface area contributed by atoms with Crippen molar-refractivity contribution >= 4 is 11.8 Å². The molecule has 2 amide bonds. The molecule has 0 saturated heterocycles. The Balaban J connectivity index is 2.00. The minimum absolute atomic E-state index is 0.0779. The van der Waals surface area contributed by atoms with Gasteiger partial charge in [0.1, 0.15) is 17.4 Å². The van der Waals surface area contributed by atoms with E-state index in [9.17, 15) is 14.7 Å². The molecule has 0 bridgehead atoms. The maximum absolute atomic E-state index is 13.4. The van der Waals surface area contributed by atoms with E-state index in [-0.39, 0.29) is 41.9 Å². The molecule has 0 radical (unpaired) electrons. The van der Waals surface area contributed by atoms with Gasteiger partial charge in [0.05, 0.1) is 26.3 Å². The van der Waals surface area contributed by atoms with Crippen LogP contribution in [0.4, 0.5) is 0 Å². The first-order valence-electron chi connectivity index (χ1n) is 11.2. The summed E-state index contributed by atoms with van der Waals surface area (Å²) >= 11 is 0. The number of pyridine rings is 1. The maximum atomic E-state index is 13.4. The Hall–Kier alpha value is -3.57. The molecular formula is C26H31N3O5. The fourth-order valence-electron chi connectivity index (χ4n) is 3.63. The van der Waals surface area contributed by atoms with E-state index in [1.165, 1.54) is 6.92 Å². The molecule has 180 valence electrons. The number of benzene rings is 1. The van der Waals surface area contributed by atoms with Crippen molar-refractivity contribution in [1.82, 2.24) is 14.8 Å². The van der Waals surface area contributed by atoms with Crippen LogP contribution >= 0.6 is 0 Å². The SMILES string of the molecule is COc1cccc(C#Cc2cnc3c(c2)C(=O)N([C@@H](C)CO)C[C@H](C)[C@H](CN(C)C(C)=O)O3)c1. The molecule has 2 aromatic rings. The maximum Gasteiger partial charge on any atom is 0.259 e. The molecule has 1 N–H and O–H groups in total. The molecule has 0 saturated carbocycles. The minimum atomic E-state index is -0.390. The summed E-state index contributed by atoms with van der Waals surface area (Å²) in [6.07, 6.45) is 1.19. The Bertz CT molecular complexity index is 1110. The van der Waals surface area contributed by atoms with Gasteiger partial charge in [0, 0.05) is 43.8 Å². The summed E-state index contributed by atoms with van der Waals surface area (Å²) in [4.78, 5) is 32.9. The summed E-state index contributed by atoms with van der Waals surface area (Å²) in [6, 6.07) is 8.66. The molecule has 0 spiro atoms. The van der Waals surface area contributed by atoms with Crippen molar-refractivity contribution in [2.24, 2.45) is 5.92 Å². The zero-order valence-electron chi connectivity index (χ0n) is 20.2. The second-order valence-electron chi connectivity index (χ2n) is 8.58. The zero-order valence-corrected chi connectivity index (χ0v) is 20.2. The fraction of sp³-hybridized carbons (Fsp3) is 0.423. The van der Waals surface area contributed by atoms with Gasteiger partial charge in [-0.15, -0.1) is 0 Å². The number of hydrogen-bond acceptors (Lipinski definition) is 6. The van der Waals surface area contributed by atoms with Crippen LogP contribution in [-0.2, 0) is 4.79 Å². The Morgan fingerprint density at radius 3 is 2.76 bits per heavy atom. The van der Waals surface area contributed by atoms with Gasteiger partial charge < -0.3 is 24.4 Å². The van der Waals surface area contributed by atoms with Crippen LogP contribution in [0.15, 0.2) is 36.5 Å². The number of aliphatic hydroxyl groups is 1. The highest BCUT2D eigenvalue weighted by Gasteiger charge is 2.34. The number of fused-ring (bicyclic) bond motifs is 1. The van der Waals surface area contributed by atoms with Crippen LogP contribution in [0.1, 0.15) is 42.3 Å². The van der Waals surface area contributed by atoms with E-state index in [0.717, 1.165) is 5.56 Å². The third-order valence-corrected chi connectivity index (χ3v) is 5.93. The number of ether oxygens (including phenoxy) is 2. The standard InChI is InChI=1S/C26H31N3O5/c1-17-14-29(18(2)16-30)26(32)23-12-21(10-9-20-7-6-8-22(11-20)33-5)13-27-25(23)34-24(17)15-28(4)19(3)31/h6-8,11-13,17-18,24,30H,14-16H2,1-5H3/t17-,18-,24-/m0/s1. The van der Waals surface area contributed by atoms with Crippen LogP contribution < -0.4 is 9.47 Å². The van der Waals surface area contributed by atoms with Crippen molar-refractivity contribution in [3.63, 3.8) is 0 Å². The third kappa shape index (κ3) is 5.86. The number of nitrogens with zero attached hydrogens (tertiary/aromatic N) is 3. The Labute approximate surface area is 200 Å². The fourth-order valence-corrected chi connectivity index (χ4v) is 3.63. The number of carbonyl (C=O) groups excluding carboxylic acids is 2. The topological polar surface area (TPSA) is 92.2 Å². The van der Waals surface area contributed by atoms with Crippen LogP contribution in [0.3, 0.4) is 0 Å². The second-order valence-corrected chi connectivity index (χ2v) is 8.58. The number of aromatic nitrogens is 1. The van der Waals surface area contributed by atoms with Gasteiger partial charge in [-0.2, -0.15) is 0 Å². The monoisotopic (exact) mass is 465 g/mol. The first-order chi connectivity index (χ1) is 16.2. The van der Waals surface area contributed by atoms with Crippen molar-refractivity contribution in [1.29, 1.82) is 0 Å².